The Morgan fingerprint density at radius 3 is 3.11 bits per heavy atom. The van der Waals surface area contributed by atoms with Crippen LogP contribution < -0.4 is 4.90 Å². The molecule has 0 bridgehead atoms. The minimum Gasteiger partial charge on any atom is -0.396 e. The topological polar surface area (TPSA) is 53.4 Å². The van der Waals surface area contributed by atoms with E-state index in [0.29, 0.717) is 13.0 Å². The third kappa shape index (κ3) is 2.04. The van der Waals surface area contributed by atoms with Crippen molar-refractivity contribution >= 4 is 48.5 Å². The predicted octanol–water partition coefficient (Wildman–Crippen LogP) is 2.40. The molecule has 1 saturated heterocycles. The number of anilines is 1. The second-order valence-electron chi connectivity index (χ2n) is 4.37. The molecule has 1 fully saturated rings. The number of hydrogen-bond donors (Lipinski definition) is 1. The minimum atomic E-state index is 0.0382. The number of hydrogen-bond acceptors (Lipinski definition) is 4. The zero-order valence-corrected chi connectivity index (χ0v) is 11.9. The van der Waals surface area contributed by atoms with Crippen molar-refractivity contribution in [3.63, 3.8) is 0 Å². The van der Waals surface area contributed by atoms with E-state index in [0.717, 1.165) is 19.8 Å². The van der Waals surface area contributed by atoms with E-state index in [1.54, 1.807) is 4.90 Å². The van der Waals surface area contributed by atoms with E-state index in [9.17, 15) is 4.79 Å². The number of carbonyl (C=O) groups is 1. The summed E-state index contributed by atoms with van der Waals surface area (Å²) in [6.45, 7) is 0.620. The van der Waals surface area contributed by atoms with Gasteiger partial charge in [-0.2, -0.15) is 0 Å². The van der Waals surface area contributed by atoms with Crippen LogP contribution in [-0.4, -0.2) is 29.1 Å². The summed E-state index contributed by atoms with van der Waals surface area (Å²) in [5.41, 5.74) is 0.893. The molecule has 0 aliphatic carbocycles. The molecule has 1 aliphatic rings. The molecule has 0 radical (unpaired) electrons. The van der Waals surface area contributed by atoms with Gasteiger partial charge in [0.15, 0.2) is 5.13 Å². The molecule has 1 aromatic heterocycles. The van der Waals surface area contributed by atoms with E-state index in [-0.39, 0.29) is 18.4 Å². The van der Waals surface area contributed by atoms with Gasteiger partial charge in [-0.25, -0.2) is 4.98 Å². The molecule has 4 nitrogen and oxygen atoms in total. The molecule has 0 saturated carbocycles. The van der Waals surface area contributed by atoms with Crippen molar-refractivity contribution < 1.29 is 9.90 Å². The lowest BCUT2D eigenvalue weighted by Gasteiger charge is -2.11. The number of halogens is 1. The number of nitrogens with zero attached hydrogens (tertiary/aromatic N) is 2. The number of carbonyl (C=O) groups excluding carboxylic acids is 1. The smallest absolute Gasteiger partial charge is 0.229 e. The van der Waals surface area contributed by atoms with Crippen LogP contribution in [0, 0.1) is 5.92 Å². The van der Waals surface area contributed by atoms with Gasteiger partial charge in [0.2, 0.25) is 5.91 Å². The monoisotopic (exact) mass is 326 g/mol. The van der Waals surface area contributed by atoms with Crippen molar-refractivity contribution in [1.29, 1.82) is 0 Å². The normalized spacial score (nSPS) is 20.0. The number of aliphatic hydroxyl groups is 1. The van der Waals surface area contributed by atoms with Crippen LogP contribution in [0.5, 0.6) is 0 Å². The Kier molecular flexibility index (Phi) is 3.09. The second-order valence-corrected chi connectivity index (χ2v) is 6.29. The lowest BCUT2D eigenvalue weighted by Crippen LogP contribution is -2.24. The number of aromatic nitrogens is 1. The van der Waals surface area contributed by atoms with Gasteiger partial charge in [0, 0.05) is 30.0 Å². The Hall–Kier alpha value is -0.980. The van der Waals surface area contributed by atoms with Gasteiger partial charge in [0.25, 0.3) is 0 Å². The van der Waals surface area contributed by atoms with Gasteiger partial charge in [-0.1, -0.05) is 27.3 Å². The third-order valence-corrected chi connectivity index (χ3v) is 4.59. The van der Waals surface area contributed by atoms with E-state index in [1.807, 2.05) is 18.2 Å². The molecule has 0 spiro atoms. The molecular formula is C12H11BrN2O2S. The van der Waals surface area contributed by atoms with Crippen molar-refractivity contribution in [2.75, 3.05) is 18.1 Å². The van der Waals surface area contributed by atoms with E-state index in [4.69, 9.17) is 5.11 Å². The number of fused-ring (bicyclic) bond motifs is 1. The number of benzene rings is 1. The predicted molar refractivity (Wildman–Crippen MR) is 74.9 cm³/mol. The van der Waals surface area contributed by atoms with E-state index in [2.05, 4.69) is 20.9 Å². The summed E-state index contributed by atoms with van der Waals surface area (Å²) in [5, 5.41) is 9.85. The Balaban J connectivity index is 1.97. The maximum absolute atomic E-state index is 11.9. The van der Waals surface area contributed by atoms with Crippen LogP contribution in [0.25, 0.3) is 10.2 Å². The Morgan fingerprint density at radius 1 is 1.56 bits per heavy atom. The second kappa shape index (κ2) is 4.60. The molecule has 2 aromatic rings. The highest BCUT2D eigenvalue weighted by Gasteiger charge is 2.31. The minimum absolute atomic E-state index is 0.0382. The largest absolute Gasteiger partial charge is 0.396 e. The summed E-state index contributed by atoms with van der Waals surface area (Å²) in [4.78, 5) is 18.0. The fraction of sp³-hybridized carbons (Fsp3) is 0.333. The van der Waals surface area contributed by atoms with Gasteiger partial charge in [-0.05, 0) is 18.2 Å². The number of amides is 1. The van der Waals surface area contributed by atoms with Gasteiger partial charge in [0.1, 0.15) is 0 Å². The molecule has 1 N–H and O–H groups in total. The zero-order chi connectivity index (χ0) is 12.7. The molecular weight excluding hydrogens is 316 g/mol. The average Bonchev–Trinajstić information content (AvgIpc) is 2.91. The Bertz CT molecular complexity index is 613. The Morgan fingerprint density at radius 2 is 2.39 bits per heavy atom. The highest BCUT2D eigenvalue weighted by atomic mass is 79.9. The first-order chi connectivity index (χ1) is 8.67. The maximum Gasteiger partial charge on any atom is 0.229 e. The Labute approximate surface area is 116 Å². The number of thiazole rings is 1. The summed E-state index contributed by atoms with van der Waals surface area (Å²) in [6, 6.07) is 5.90. The fourth-order valence-electron chi connectivity index (χ4n) is 2.09. The van der Waals surface area contributed by atoms with Crippen LogP contribution >= 0.6 is 27.3 Å². The van der Waals surface area contributed by atoms with Crippen LogP contribution in [0.4, 0.5) is 5.13 Å². The van der Waals surface area contributed by atoms with E-state index < -0.39 is 0 Å². The molecule has 94 valence electrons. The van der Waals surface area contributed by atoms with Crippen LogP contribution in [0.2, 0.25) is 0 Å². The molecule has 3 rings (SSSR count). The summed E-state index contributed by atoms with van der Waals surface area (Å²) < 4.78 is 2.04. The average molecular weight is 327 g/mol. The van der Waals surface area contributed by atoms with Crippen molar-refractivity contribution in [3.8, 4) is 0 Å². The van der Waals surface area contributed by atoms with E-state index in [1.165, 1.54) is 11.3 Å². The summed E-state index contributed by atoms with van der Waals surface area (Å²) in [6.07, 6.45) is 0.413. The molecule has 1 aromatic carbocycles. The van der Waals surface area contributed by atoms with Crippen molar-refractivity contribution in [2.24, 2.45) is 5.92 Å². The first-order valence-corrected chi connectivity index (χ1v) is 7.25. The van der Waals surface area contributed by atoms with Gasteiger partial charge in [-0.3, -0.25) is 9.69 Å². The van der Waals surface area contributed by atoms with Gasteiger partial charge in [0.05, 0.1) is 10.2 Å². The van der Waals surface area contributed by atoms with Gasteiger partial charge < -0.3 is 5.11 Å². The molecule has 1 amide bonds. The first kappa shape index (κ1) is 12.1. The van der Waals surface area contributed by atoms with Crippen LogP contribution in [0.1, 0.15) is 6.42 Å². The molecule has 1 aliphatic heterocycles. The van der Waals surface area contributed by atoms with Crippen molar-refractivity contribution in [3.05, 3.63) is 22.7 Å². The fourth-order valence-corrected chi connectivity index (χ4v) is 3.41. The lowest BCUT2D eigenvalue weighted by molar-refractivity contribution is -0.117. The molecule has 18 heavy (non-hydrogen) atoms. The van der Waals surface area contributed by atoms with Crippen molar-refractivity contribution in [1.82, 2.24) is 4.98 Å². The van der Waals surface area contributed by atoms with Gasteiger partial charge >= 0.3 is 0 Å². The highest BCUT2D eigenvalue weighted by molar-refractivity contribution is 9.10. The van der Waals surface area contributed by atoms with Crippen LogP contribution in [0.3, 0.4) is 0 Å². The lowest BCUT2D eigenvalue weighted by atomic mass is 10.1. The molecule has 6 heteroatoms. The van der Waals surface area contributed by atoms with Crippen LogP contribution in [0.15, 0.2) is 22.7 Å². The summed E-state index contributed by atoms with van der Waals surface area (Å²) >= 11 is 4.92. The molecule has 1 unspecified atom stereocenters. The summed E-state index contributed by atoms with van der Waals surface area (Å²) in [7, 11) is 0. The maximum atomic E-state index is 11.9. The number of aliphatic hydroxyl groups excluding tert-OH is 1. The molecule has 2 heterocycles. The first-order valence-electron chi connectivity index (χ1n) is 5.64. The quantitative estimate of drug-likeness (QED) is 0.922. The molecule has 1 atom stereocenters. The highest BCUT2D eigenvalue weighted by Crippen LogP contribution is 2.33. The SMILES string of the molecule is O=C1CC(CO)CN1c1nc2cc(Br)ccc2s1. The zero-order valence-electron chi connectivity index (χ0n) is 9.47. The summed E-state index contributed by atoms with van der Waals surface area (Å²) in [5.74, 6) is 0.0865. The van der Waals surface area contributed by atoms with Gasteiger partial charge in [-0.15, -0.1) is 0 Å². The standard InChI is InChI=1S/C12H11BrN2O2S/c13-8-1-2-10-9(4-8)14-12(18-10)15-5-7(6-16)3-11(15)17/h1-2,4,7,16H,3,5-6H2. The van der Waals surface area contributed by atoms with Crippen LogP contribution in [-0.2, 0) is 4.79 Å². The number of rotatable bonds is 2. The van der Waals surface area contributed by atoms with Crippen molar-refractivity contribution in [2.45, 2.75) is 6.42 Å². The van der Waals surface area contributed by atoms with E-state index >= 15 is 0 Å². The third-order valence-electron chi connectivity index (χ3n) is 3.03.